The second-order valence-corrected chi connectivity index (χ2v) is 4.37. The number of nitrogens with one attached hydrogen (secondary N) is 2. The summed E-state index contributed by atoms with van der Waals surface area (Å²) < 4.78 is 5.47. The van der Waals surface area contributed by atoms with Crippen LogP contribution in [0.15, 0.2) is 24.3 Å². The summed E-state index contributed by atoms with van der Waals surface area (Å²) in [4.78, 5) is 22.3. The van der Waals surface area contributed by atoms with E-state index in [-0.39, 0.29) is 11.8 Å². The van der Waals surface area contributed by atoms with E-state index in [0.717, 1.165) is 5.75 Å². The lowest BCUT2D eigenvalue weighted by molar-refractivity contribution is -0.127. The Morgan fingerprint density at radius 2 is 1.89 bits per heavy atom. The fourth-order valence-corrected chi connectivity index (χ4v) is 1.50. The van der Waals surface area contributed by atoms with Gasteiger partial charge < -0.3 is 15.4 Å². The lowest BCUT2D eigenvalue weighted by atomic mass is 10.2. The number of aryl methyl sites for hydroxylation is 1. The molecule has 0 spiro atoms. The van der Waals surface area contributed by atoms with Crippen molar-refractivity contribution in [2.75, 3.05) is 13.2 Å². The second-order valence-electron chi connectivity index (χ2n) is 4.37. The number of hydrogen-bond donors (Lipinski definition) is 2. The summed E-state index contributed by atoms with van der Waals surface area (Å²) in [5, 5.41) is 5.21. The van der Waals surface area contributed by atoms with Crippen LogP contribution < -0.4 is 15.4 Å². The highest BCUT2D eigenvalue weighted by molar-refractivity contribution is 5.86. The molecule has 0 aromatic heterocycles. The van der Waals surface area contributed by atoms with Crippen LogP contribution in [0.5, 0.6) is 5.75 Å². The zero-order valence-corrected chi connectivity index (χ0v) is 11.5. The van der Waals surface area contributed by atoms with Crippen molar-refractivity contribution >= 4 is 11.8 Å². The molecule has 1 atom stereocenters. The Hall–Kier alpha value is -2.04. The van der Waals surface area contributed by atoms with E-state index in [0.29, 0.717) is 13.2 Å². The Balaban J connectivity index is 2.21. The van der Waals surface area contributed by atoms with E-state index in [1.54, 1.807) is 6.92 Å². The Kier molecular flexibility index (Phi) is 5.85. The summed E-state index contributed by atoms with van der Waals surface area (Å²) in [5.74, 6) is 0.330. The normalized spacial score (nSPS) is 11.5. The molecule has 0 radical (unpaired) electrons. The Labute approximate surface area is 113 Å². The molecule has 104 valence electrons. The Bertz CT molecular complexity index is 429. The van der Waals surface area contributed by atoms with Gasteiger partial charge in [-0.25, -0.2) is 0 Å². The van der Waals surface area contributed by atoms with Crippen molar-refractivity contribution in [3.05, 3.63) is 29.8 Å². The van der Waals surface area contributed by atoms with E-state index >= 15 is 0 Å². The minimum atomic E-state index is -0.531. The molecule has 0 aliphatic heterocycles. The maximum absolute atomic E-state index is 11.6. The van der Waals surface area contributed by atoms with E-state index in [1.165, 1.54) is 12.5 Å². The molecule has 0 aliphatic rings. The number of carbonyl (C=O) groups excluding carboxylic acids is 2. The first-order chi connectivity index (χ1) is 8.99. The van der Waals surface area contributed by atoms with Gasteiger partial charge in [0.1, 0.15) is 18.4 Å². The maximum Gasteiger partial charge on any atom is 0.242 e. The standard InChI is InChI=1S/C14H20N2O3/c1-10-4-6-13(7-5-10)19-9-8-15-14(18)11(2)16-12(3)17/h4-7,11H,8-9H2,1-3H3,(H,15,18)(H,16,17). The third kappa shape index (κ3) is 5.90. The van der Waals surface area contributed by atoms with Crippen molar-refractivity contribution in [3.63, 3.8) is 0 Å². The summed E-state index contributed by atoms with van der Waals surface area (Å²) in [6, 6.07) is 7.17. The van der Waals surface area contributed by atoms with Crippen molar-refractivity contribution in [3.8, 4) is 5.75 Å². The van der Waals surface area contributed by atoms with Crippen LogP contribution in [0, 0.1) is 6.92 Å². The van der Waals surface area contributed by atoms with Crippen LogP contribution in [0.1, 0.15) is 19.4 Å². The highest BCUT2D eigenvalue weighted by Gasteiger charge is 2.12. The van der Waals surface area contributed by atoms with Crippen LogP contribution in [0.25, 0.3) is 0 Å². The molecule has 0 aliphatic carbocycles. The molecule has 19 heavy (non-hydrogen) atoms. The van der Waals surface area contributed by atoms with Crippen molar-refractivity contribution in [2.24, 2.45) is 0 Å². The van der Waals surface area contributed by atoms with Crippen LogP contribution in [0.3, 0.4) is 0 Å². The number of carbonyl (C=O) groups is 2. The first-order valence-electron chi connectivity index (χ1n) is 6.23. The lowest BCUT2D eigenvalue weighted by Gasteiger charge is -2.13. The summed E-state index contributed by atoms with van der Waals surface area (Å²) >= 11 is 0. The fourth-order valence-electron chi connectivity index (χ4n) is 1.50. The molecule has 0 heterocycles. The zero-order chi connectivity index (χ0) is 14.3. The summed E-state index contributed by atoms with van der Waals surface area (Å²) in [6.07, 6.45) is 0. The van der Waals surface area contributed by atoms with Gasteiger partial charge >= 0.3 is 0 Å². The van der Waals surface area contributed by atoms with Gasteiger partial charge in [0.2, 0.25) is 11.8 Å². The molecule has 0 saturated carbocycles. The first kappa shape index (κ1) is 15.0. The molecule has 5 nitrogen and oxygen atoms in total. The van der Waals surface area contributed by atoms with E-state index in [1.807, 2.05) is 31.2 Å². The minimum absolute atomic E-state index is 0.220. The number of hydrogen-bond acceptors (Lipinski definition) is 3. The van der Waals surface area contributed by atoms with E-state index in [4.69, 9.17) is 4.74 Å². The minimum Gasteiger partial charge on any atom is -0.492 e. The topological polar surface area (TPSA) is 67.4 Å². The van der Waals surface area contributed by atoms with Gasteiger partial charge in [-0.2, -0.15) is 0 Å². The van der Waals surface area contributed by atoms with Gasteiger partial charge in [-0.05, 0) is 26.0 Å². The predicted molar refractivity (Wildman–Crippen MR) is 73.0 cm³/mol. The van der Waals surface area contributed by atoms with Gasteiger partial charge in [0.05, 0.1) is 6.54 Å². The van der Waals surface area contributed by atoms with Crippen molar-refractivity contribution < 1.29 is 14.3 Å². The van der Waals surface area contributed by atoms with Crippen LogP contribution in [0.2, 0.25) is 0 Å². The Morgan fingerprint density at radius 1 is 1.26 bits per heavy atom. The molecule has 1 aromatic carbocycles. The van der Waals surface area contributed by atoms with Crippen LogP contribution >= 0.6 is 0 Å². The quantitative estimate of drug-likeness (QED) is 0.754. The summed E-state index contributed by atoms with van der Waals surface area (Å²) in [6.45, 7) is 5.81. The van der Waals surface area contributed by atoms with Gasteiger partial charge in [0, 0.05) is 6.92 Å². The Morgan fingerprint density at radius 3 is 2.47 bits per heavy atom. The molecule has 1 aromatic rings. The number of benzene rings is 1. The van der Waals surface area contributed by atoms with E-state index in [2.05, 4.69) is 10.6 Å². The molecular weight excluding hydrogens is 244 g/mol. The molecule has 0 fully saturated rings. The average molecular weight is 264 g/mol. The highest BCUT2D eigenvalue weighted by atomic mass is 16.5. The molecule has 5 heteroatoms. The smallest absolute Gasteiger partial charge is 0.242 e. The van der Waals surface area contributed by atoms with Crippen molar-refractivity contribution in [1.82, 2.24) is 10.6 Å². The maximum atomic E-state index is 11.6. The lowest BCUT2D eigenvalue weighted by Crippen LogP contribution is -2.45. The average Bonchev–Trinajstić information content (AvgIpc) is 2.35. The van der Waals surface area contributed by atoms with E-state index < -0.39 is 6.04 Å². The fraction of sp³-hybridized carbons (Fsp3) is 0.429. The molecule has 1 rings (SSSR count). The van der Waals surface area contributed by atoms with Crippen LogP contribution in [-0.2, 0) is 9.59 Å². The number of ether oxygens (including phenoxy) is 1. The van der Waals surface area contributed by atoms with E-state index in [9.17, 15) is 9.59 Å². The van der Waals surface area contributed by atoms with Gasteiger partial charge in [-0.15, -0.1) is 0 Å². The van der Waals surface area contributed by atoms with Gasteiger partial charge in [-0.3, -0.25) is 9.59 Å². The third-order valence-corrected chi connectivity index (χ3v) is 2.50. The van der Waals surface area contributed by atoms with Gasteiger partial charge in [0.15, 0.2) is 0 Å². The highest BCUT2D eigenvalue weighted by Crippen LogP contribution is 2.10. The zero-order valence-electron chi connectivity index (χ0n) is 11.5. The molecule has 1 unspecified atom stereocenters. The third-order valence-electron chi connectivity index (χ3n) is 2.50. The molecule has 2 amide bonds. The molecule has 2 N–H and O–H groups in total. The summed E-state index contributed by atoms with van der Waals surface area (Å²) in [7, 11) is 0. The largest absolute Gasteiger partial charge is 0.492 e. The number of rotatable bonds is 6. The summed E-state index contributed by atoms with van der Waals surface area (Å²) in [5.41, 5.74) is 1.17. The van der Waals surface area contributed by atoms with Crippen LogP contribution in [0.4, 0.5) is 0 Å². The van der Waals surface area contributed by atoms with Crippen molar-refractivity contribution in [1.29, 1.82) is 0 Å². The monoisotopic (exact) mass is 264 g/mol. The molecule has 0 bridgehead atoms. The van der Waals surface area contributed by atoms with Gasteiger partial charge in [-0.1, -0.05) is 17.7 Å². The molecular formula is C14H20N2O3. The second kappa shape index (κ2) is 7.41. The first-order valence-corrected chi connectivity index (χ1v) is 6.23. The van der Waals surface area contributed by atoms with Crippen LogP contribution in [-0.4, -0.2) is 31.0 Å². The molecule has 0 saturated heterocycles. The predicted octanol–water partition coefficient (Wildman–Crippen LogP) is 1.01. The SMILES string of the molecule is CC(=O)NC(C)C(=O)NCCOc1ccc(C)cc1. The van der Waals surface area contributed by atoms with Gasteiger partial charge in [0.25, 0.3) is 0 Å². The van der Waals surface area contributed by atoms with Crippen molar-refractivity contribution in [2.45, 2.75) is 26.8 Å². The number of amides is 2.